The zero-order chi connectivity index (χ0) is 11.4. The number of nitro groups is 2. The van der Waals surface area contributed by atoms with Gasteiger partial charge in [0.25, 0.3) is 0 Å². The van der Waals surface area contributed by atoms with Crippen molar-refractivity contribution in [2.24, 2.45) is 0 Å². The van der Waals surface area contributed by atoms with Crippen LogP contribution in [-0.4, -0.2) is 21.3 Å². The van der Waals surface area contributed by atoms with E-state index in [9.17, 15) is 25.0 Å². The quantitative estimate of drug-likeness (QED) is 0.283. The van der Waals surface area contributed by atoms with E-state index in [1.165, 1.54) is 6.92 Å². The van der Waals surface area contributed by atoms with Crippen molar-refractivity contribution in [1.82, 2.24) is 0 Å². The van der Waals surface area contributed by atoms with Gasteiger partial charge < -0.3 is 0 Å². The number of hydrogen-bond acceptors (Lipinski definition) is 5. The molecule has 0 fully saturated rings. The zero-order valence-corrected chi connectivity index (χ0v) is 7.80. The highest BCUT2D eigenvalue weighted by Crippen LogP contribution is 2.17. The summed E-state index contributed by atoms with van der Waals surface area (Å²) in [6.07, 6.45) is 1.25. The summed E-state index contributed by atoms with van der Waals surface area (Å²) in [6, 6.07) is 0. The van der Waals surface area contributed by atoms with Gasteiger partial charge in [0.2, 0.25) is 0 Å². The SMILES string of the molecule is CCC(C=CC(C)=O)([N+](=O)[O-])[N+](=O)[O-]. The summed E-state index contributed by atoms with van der Waals surface area (Å²) >= 11 is 0. The molecule has 0 amide bonds. The van der Waals surface area contributed by atoms with Crippen LogP contribution in [-0.2, 0) is 4.79 Å². The zero-order valence-electron chi connectivity index (χ0n) is 7.80. The highest BCUT2D eigenvalue weighted by molar-refractivity contribution is 5.87. The summed E-state index contributed by atoms with van der Waals surface area (Å²) in [5.74, 6) is -0.466. The van der Waals surface area contributed by atoms with Gasteiger partial charge in [-0.05, 0) is 13.0 Å². The molecule has 0 aromatic rings. The predicted octanol–water partition coefficient (Wildman–Crippen LogP) is 0.791. The molecule has 7 heteroatoms. The van der Waals surface area contributed by atoms with Crippen LogP contribution in [0.15, 0.2) is 12.2 Å². The van der Waals surface area contributed by atoms with E-state index in [0.717, 1.165) is 19.1 Å². The van der Waals surface area contributed by atoms with Gasteiger partial charge in [-0.1, -0.05) is 6.92 Å². The van der Waals surface area contributed by atoms with Crippen LogP contribution in [0.25, 0.3) is 0 Å². The minimum Gasteiger partial charge on any atom is -0.295 e. The molecule has 0 aromatic carbocycles. The van der Waals surface area contributed by atoms with Gasteiger partial charge in [0.1, 0.15) is 9.85 Å². The molecule has 0 aromatic heterocycles. The summed E-state index contributed by atoms with van der Waals surface area (Å²) in [5, 5.41) is 21.0. The van der Waals surface area contributed by atoms with Gasteiger partial charge in [0, 0.05) is 0 Å². The average Bonchev–Trinajstić information content (AvgIpc) is 2.04. The van der Waals surface area contributed by atoms with Gasteiger partial charge in [-0.2, -0.15) is 0 Å². The summed E-state index contributed by atoms with van der Waals surface area (Å²) in [6.45, 7) is 2.48. The molecule has 0 aliphatic rings. The van der Waals surface area contributed by atoms with E-state index >= 15 is 0 Å². The third kappa shape index (κ3) is 2.35. The Morgan fingerprint density at radius 2 is 1.79 bits per heavy atom. The second-order valence-corrected chi connectivity index (χ2v) is 2.69. The maximum Gasteiger partial charge on any atom is 0.477 e. The van der Waals surface area contributed by atoms with E-state index < -0.39 is 21.3 Å². The summed E-state index contributed by atoms with van der Waals surface area (Å²) < 4.78 is 0. The number of carbonyl (C=O) groups excluding carboxylic acids is 1. The van der Waals surface area contributed by atoms with Crippen molar-refractivity contribution in [1.29, 1.82) is 0 Å². The van der Waals surface area contributed by atoms with Crippen molar-refractivity contribution >= 4 is 5.78 Å². The lowest BCUT2D eigenvalue weighted by molar-refractivity contribution is -0.781. The molecule has 0 aliphatic heterocycles. The van der Waals surface area contributed by atoms with Crippen molar-refractivity contribution in [3.63, 3.8) is 0 Å². The number of ketones is 1. The molecule has 14 heavy (non-hydrogen) atoms. The third-order valence-electron chi connectivity index (χ3n) is 1.74. The molecule has 0 bridgehead atoms. The maximum absolute atomic E-state index is 10.5. The fourth-order valence-electron chi connectivity index (χ4n) is 0.815. The Labute approximate surface area is 79.7 Å². The third-order valence-corrected chi connectivity index (χ3v) is 1.74. The van der Waals surface area contributed by atoms with Gasteiger partial charge in [-0.15, -0.1) is 0 Å². The molecule has 0 unspecified atom stereocenters. The Hall–Kier alpha value is -1.79. The van der Waals surface area contributed by atoms with Crippen LogP contribution in [0.5, 0.6) is 0 Å². The van der Waals surface area contributed by atoms with Crippen LogP contribution < -0.4 is 0 Å². The van der Waals surface area contributed by atoms with Crippen molar-refractivity contribution in [2.45, 2.75) is 25.9 Å². The first-order valence-corrected chi connectivity index (χ1v) is 3.85. The van der Waals surface area contributed by atoms with E-state index in [1.54, 1.807) is 0 Å². The molecule has 0 saturated carbocycles. The number of nitrogens with zero attached hydrogens (tertiary/aromatic N) is 2. The molecule has 0 aliphatic carbocycles. The van der Waals surface area contributed by atoms with Crippen LogP contribution in [0.1, 0.15) is 20.3 Å². The second kappa shape index (κ2) is 4.45. The van der Waals surface area contributed by atoms with E-state index in [1.807, 2.05) is 0 Å². The van der Waals surface area contributed by atoms with Gasteiger partial charge in [-0.3, -0.25) is 25.0 Å². The number of hydrogen-bond donors (Lipinski definition) is 0. The Kier molecular flexibility index (Phi) is 3.88. The first kappa shape index (κ1) is 12.2. The van der Waals surface area contributed by atoms with Crippen LogP contribution in [0, 0.1) is 20.2 Å². The Balaban J connectivity index is 5.16. The Bertz CT molecular complexity index is 282. The molecule has 0 radical (unpaired) electrons. The standard InChI is InChI=1S/C7H10N2O5/c1-3-7(8(11)12,9(13)14)5-4-6(2)10/h4-5H,3H2,1-2H3. The van der Waals surface area contributed by atoms with Crippen molar-refractivity contribution in [3.05, 3.63) is 32.4 Å². The average molecular weight is 202 g/mol. The minimum absolute atomic E-state index is 0.309. The fraction of sp³-hybridized carbons (Fsp3) is 0.571. The van der Waals surface area contributed by atoms with Crippen LogP contribution >= 0.6 is 0 Å². The lowest BCUT2D eigenvalue weighted by atomic mass is 10.1. The summed E-state index contributed by atoms with van der Waals surface area (Å²) in [5.41, 5.74) is -2.38. The number of allylic oxidation sites excluding steroid dienone is 1. The fourth-order valence-corrected chi connectivity index (χ4v) is 0.815. The number of carbonyl (C=O) groups is 1. The molecule has 0 heterocycles. The normalized spacial score (nSPS) is 11.6. The lowest BCUT2D eigenvalue weighted by Gasteiger charge is -2.10. The predicted molar refractivity (Wildman–Crippen MR) is 46.8 cm³/mol. The van der Waals surface area contributed by atoms with Gasteiger partial charge >= 0.3 is 5.66 Å². The van der Waals surface area contributed by atoms with Crippen LogP contribution in [0.2, 0.25) is 0 Å². The Morgan fingerprint density at radius 3 is 2.00 bits per heavy atom. The van der Waals surface area contributed by atoms with E-state index in [4.69, 9.17) is 0 Å². The van der Waals surface area contributed by atoms with Crippen LogP contribution in [0.4, 0.5) is 0 Å². The molecule has 7 nitrogen and oxygen atoms in total. The highest BCUT2D eigenvalue weighted by Gasteiger charge is 2.51. The van der Waals surface area contributed by atoms with Crippen molar-refractivity contribution < 1.29 is 14.6 Å². The van der Waals surface area contributed by atoms with Gasteiger partial charge in [0.15, 0.2) is 5.78 Å². The largest absolute Gasteiger partial charge is 0.477 e. The topological polar surface area (TPSA) is 103 Å². The monoisotopic (exact) mass is 202 g/mol. The second-order valence-electron chi connectivity index (χ2n) is 2.69. The van der Waals surface area contributed by atoms with Gasteiger partial charge in [-0.25, -0.2) is 0 Å². The maximum atomic E-state index is 10.5. The summed E-state index contributed by atoms with van der Waals surface area (Å²) in [4.78, 5) is 29.5. The smallest absolute Gasteiger partial charge is 0.295 e. The van der Waals surface area contributed by atoms with E-state index in [2.05, 4.69) is 0 Å². The molecule has 78 valence electrons. The molecular weight excluding hydrogens is 192 g/mol. The minimum atomic E-state index is -2.38. The first-order valence-electron chi connectivity index (χ1n) is 3.85. The van der Waals surface area contributed by atoms with Crippen molar-refractivity contribution in [2.75, 3.05) is 0 Å². The molecule has 0 saturated heterocycles. The molecule has 0 N–H and O–H groups in total. The van der Waals surface area contributed by atoms with E-state index in [-0.39, 0.29) is 6.42 Å². The molecular formula is C7H10N2O5. The Morgan fingerprint density at radius 1 is 1.36 bits per heavy atom. The van der Waals surface area contributed by atoms with Gasteiger partial charge in [0.05, 0.1) is 12.5 Å². The molecule has 0 atom stereocenters. The summed E-state index contributed by atoms with van der Waals surface area (Å²) in [7, 11) is 0. The van der Waals surface area contributed by atoms with Crippen LogP contribution in [0.3, 0.4) is 0 Å². The molecule has 0 rings (SSSR count). The van der Waals surface area contributed by atoms with E-state index in [0.29, 0.717) is 0 Å². The number of rotatable bonds is 5. The van der Waals surface area contributed by atoms with Crippen molar-refractivity contribution in [3.8, 4) is 0 Å². The molecule has 0 spiro atoms. The lowest BCUT2D eigenvalue weighted by Crippen LogP contribution is -2.43. The highest BCUT2D eigenvalue weighted by atomic mass is 16.7. The first-order chi connectivity index (χ1) is 6.36.